The molecule has 0 spiro atoms. The Balaban J connectivity index is 1.78. The third kappa shape index (κ3) is 8.35. The van der Waals surface area contributed by atoms with Crippen molar-refractivity contribution in [3.63, 3.8) is 0 Å². The Morgan fingerprint density at radius 2 is 1.52 bits per heavy atom. The van der Waals surface area contributed by atoms with Gasteiger partial charge in [0.15, 0.2) is 0 Å². The van der Waals surface area contributed by atoms with Gasteiger partial charge in [0.05, 0.1) is 19.1 Å². The first-order chi connectivity index (χ1) is 24.4. The Morgan fingerprint density at radius 1 is 0.942 bits per heavy atom. The van der Waals surface area contributed by atoms with Crippen molar-refractivity contribution in [3.8, 4) is 11.5 Å². The molecule has 0 saturated carbocycles. The van der Waals surface area contributed by atoms with E-state index >= 15 is 0 Å². The van der Waals surface area contributed by atoms with Gasteiger partial charge in [-0.25, -0.2) is 29.3 Å². The fourth-order valence-corrected chi connectivity index (χ4v) is 5.71. The van der Waals surface area contributed by atoms with Crippen molar-refractivity contribution in [1.29, 1.82) is 0 Å². The summed E-state index contributed by atoms with van der Waals surface area (Å²) < 4.78 is 16.1. The van der Waals surface area contributed by atoms with Gasteiger partial charge in [0.2, 0.25) is 0 Å². The number of rotatable bonds is 8. The molecule has 4 rings (SSSR count). The zero-order chi connectivity index (χ0) is 38.7. The highest BCUT2D eigenvalue weighted by atomic mass is 35.5. The van der Waals surface area contributed by atoms with Crippen molar-refractivity contribution in [1.82, 2.24) is 19.8 Å². The molecule has 2 heterocycles. The molecule has 20 heteroatoms. The molecule has 1 aromatic heterocycles. The number of anilines is 4. The molecule has 1 N–H and O–H groups in total. The van der Waals surface area contributed by atoms with Crippen LogP contribution < -0.4 is 24.2 Å². The minimum Gasteiger partial charge on any atom is -0.495 e. The molecule has 278 valence electrons. The first kappa shape index (κ1) is 39.3. The van der Waals surface area contributed by atoms with Crippen molar-refractivity contribution in [3.05, 3.63) is 62.4 Å². The predicted molar refractivity (Wildman–Crippen MR) is 191 cm³/mol. The van der Waals surface area contributed by atoms with E-state index in [1.54, 1.807) is 25.7 Å². The van der Waals surface area contributed by atoms with E-state index in [0.29, 0.717) is 36.0 Å². The number of nitro groups is 1. The van der Waals surface area contributed by atoms with E-state index in [2.05, 4.69) is 9.97 Å². The van der Waals surface area contributed by atoms with Crippen LogP contribution in [0.15, 0.2) is 36.7 Å². The normalized spacial score (nSPS) is 13.2. The number of carboxylic acid groups (broad SMARTS) is 1. The summed E-state index contributed by atoms with van der Waals surface area (Å²) in [5.41, 5.74) is -2.59. The number of carbonyl (C=O) groups is 4. The Bertz CT molecular complexity index is 1870. The van der Waals surface area contributed by atoms with Gasteiger partial charge < -0.3 is 29.1 Å². The lowest BCUT2D eigenvalue weighted by Crippen LogP contribution is -2.47. The van der Waals surface area contributed by atoms with Crippen molar-refractivity contribution in [2.75, 3.05) is 69.2 Å². The molecule has 1 fully saturated rings. The van der Waals surface area contributed by atoms with Crippen molar-refractivity contribution >= 4 is 76.0 Å². The second-order valence-corrected chi connectivity index (χ2v) is 13.1. The Morgan fingerprint density at radius 3 is 2.04 bits per heavy atom. The molecule has 1 aliphatic rings. The van der Waals surface area contributed by atoms with Gasteiger partial charge in [-0.15, -0.1) is 0 Å². The monoisotopic (exact) mass is 762 g/mol. The fourth-order valence-electron chi connectivity index (χ4n) is 5.04. The van der Waals surface area contributed by atoms with Gasteiger partial charge in [0.1, 0.15) is 56.5 Å². The molecule has 2 aromatic carbocycles. The summed E-state index contributed by atoms with van der Waals surface area (Å²) in [5.74, 6) is -1.12. The molecule has 18 nitrogen and oxygen atoms in total. The maximum Gasteiger partial charge on any atom is 0.423 e. The van der Waals surface area contributed by atoms with E-state index in [1.165, 1.54) is 33.4 Å². The third-order valence-electron chi connectivity index (χ3n) is 7.68. The molecule has 0 radical (unpaired) electrons. The number of urea groups is 1. The number of hydrogen-bond acceptors (Lipinski definition) is 12. The number of hydrogen-bond donors (Lipinski definition) is 1. The molecule has 52 heavy (non-hydrogen) atoms. The quantitative estimate of drug-likeness (QED) is 0.210. The Kier molecular flexibility index (Phi) is 12.0. The van der Waals surface area contributed by atoms with Gasteiger partial charge in [0.25, 0.3) is 11.6 Å². The number of nitrogens with zero attached hydrogens (tertiary/aromatic N) is 8. The molecule has 0 bridgehead atoms. The highest BCUT2D eigenvalue weighted by Gasteiger charge is 2.38. The van der Waals surface area contributed by atoms with Crippen LogP contribution in [0.1, 0.15) is 31.1 Å². The summed E-state index contributed by atoms with van der Waals surface area (Å²) >= 11 is 13.1. The van der Waals surface area contributed by atoms with Crippen LogP contribution in [0, 0.1) is 10.1 Å². The lowest BCUT2D eigenvalue weighted by molar-refractivity contribution is -0.384. The standard InChI is InChI=1S/C32H36Cl2N8O10/c1-32(2,3)52-31(47)41(27-25(33)21(50-6)15-22(51-7)26(27)34)29(44)38(5)23-16-24(36-17-35-23)40(30(45)46)19-9-8-18(14-20(19)42(48)49)28(43)39-12-10-37(4)11-13-39/h8-9,14-17H,10-13H2,1-7H3,(H,45,46). The van der Waals surface area contributed by atoms with Crippen molar-refractivity contribution in [2.45, 2.75) is 26.4 Å². The number of imide groups is 1. The minimum absolute atomic E-state index is 0.00111. The zero-order valence-electron chi connectivity index (χ0n) is 29.2. The molecular formula is C32H36Cl2N8O10. The van der Waals surface area contributed by atoms with Gasteiger partial charge in [-0.2, -0.15) is 4.90 Å². The predicted octanol–water partition coefficient (Wildman–Crippen LogP) is 5.91. The van der Waals surface area contributed by atoms with E-state index < -0.39 is 51.8 Å². The molecule has 0 unspecified atom stereocenters. The van der Waals surface area contributed by atoms with Crippen LogP contribution in [0.4, 0.5) is 43.1 Å². The number of nitro benzene ring substituents is 1. The average Bonchev–Trinajstić information content (AvgIpc) is 3.09. The fraction of sp³-hybridized carbons (Fsp3) is 0.375. The first-order valence-electron chi connectivity index (χ1n) is 15.4. The van der Waals surface area contributed by atoms with E-state index in [4.69, 9.17) is 37.4 Å². The first-order valence-corrected chi connectivity index (χ1v) is 16.2. The molecule has 1 saturated heterocycles. The molecule has 0 aliphatic carbocycles. The van der Waals surface area contributed by atoms with Crippen LogP contribution >= 0.6 is 23.2 Å². The summed E-state index contributed by atoms with van der Waals surface area (Å²) in [6.45, 7) is 6.77. The van der Waals surface area contributed by atoms with Crippen LogP contribution in [-0.4, -0.2) is 114 Å². The summed E-state index contributed by atoms with van der Waals surface area (Å²) in [6.07, 6.45) is -1.97. The molecular weight excluding hydrogens is 727 g/mol. The number of halogens is 2. The highest BCUT2D eigenvalue weighted by molar-refractivity contribution is 6.43. The number of aromatic nitrogens is 2. The largest absolute Gasteiger partial charge is 0.495 e. The summed E-state index contributed by atoms with van der Waals surface area (Å²) in [4.78, 5) is 78.6. The van der Waals surface area contributed by atoms with Crippen LogP contribution in [0.25, 0.3) is 0 Å². The van der Waals surface area contributed by atoms with Crippen molar-refractivity contribution in [2.24, 2.45) is 0 Å². The lowest BCUT2D eigenvalue weighted by atomic mass is 10.1. The Labute approximate surface area is 308 Å². The number of methoxy groups -OCH3 is 2. The average molecular weight is 764 g/mol. The number of benzene rings is 2. The number of amides is 5. The van der Waals surface area contributed by atoms with Gasteiger partial charge in [-0.1, -0.05) is 23.2 Å². The van der Waals surface area contributed by atoms with E-state index in [9.17, 15) is 34.4 Å². The van der Waals surface area contributed by atoms with Crippen LogP contribution in [0.3, 0.4) is 0 Å². The van der Waals surface area contributed by atoms with E-state index in [0.717, 1.165) is 29.4 Å². The smallest absolute Gasteiger partial charge is 0.423 e. The second-order valence-electron chi connectivity index (χ2n) is 12.3. The SMILES string of the molecule is COc1cc(OC)c(Cl)c(N(C(=O)OC(C)(C)C)C(=O)N(C)c2cc(N(C(=O)O)c3ccc(C(=O)N4CCN(C)CC4)cc3[N+](=O)[O-])ncn2)c1Cl. The molecule has 1 aliphatic heterocycles. The van der Waals surface area contributed by atoms with Crippen LogP contribution in [0.2, 0.25) is 10.0 Å². The van der Waals surface area contributed by atoms with Crippen LogP contribution in [-0.2, 0) is 4.74 Å². The maximum absolute atomic E-state index is 14.2. The number of ether oxygens (including phenoxy) is 3. The summed E-state index contributed by atoms with van der Waals surface area (Å²) in [5, 5.41) is 22.0. The highest BCUT2D eigenvalue weighted by Crippen LogP contribution is 2.47. The van der Waals surface area contributed by atoms with Crippen molar-refractivity contribution < 1.29 is 43.4 Å². The van der Waals surface area contributed by atoms with E-state index in [1.807, 2.05) is 11.9 Å². The molecule has 3 aromatic rings. The topological polar surface area (TPSA) is 201 Å². The molecule has 0 atom stereocenters. The Hall–Kier alpha value is -5.46. The van der Waals surface area contributed by atoms with E-state index in [-0.39, 0.29) is 38.6 Å². The summed E-state index contributed by atoms with van der Waals surface area (Å²) in [7, 11) is 5.71. The summed E-state index contributed by atoms with van der Waals surface area (Å²) in [6, 6.07) is 4.67. The number of likely N-dealkylation sites (N-methyl/N-ethyl adjacent to an activating group) is 1. The minimum atomic E-state index is -1.68. The van der Waals surface area contributed by atoms with Crippen LogP contribution in [0.5, 0.6) is 11.5 Å². The number of piperazine rings is 1. The van der Waals surface area contributed by atoms with Gasteiger partial charge >= 0.3 is 18.2 Å². The van der Waals surface area contributed by atoms with Gasteiger partial charge in [-0.05, 0) is 40.0 Å². The molecule has 5 amide bonds. The third-order valence-corrected chi connectivity index (χ3v) is 8.41. The lowest BCUT2D eigenvalue weighted by Gasteiger charge is -2.32. The number of carbonyl (C=O) groups excluding carboxylic acids is 3. The van der Waals surface area contributed by atoms with Gasteiger partial charge in [-0.3, -0.25) is 19.8 Å². The maximum atomic E-state index is 14.2. The zero-order valence-corrected chi connectivity index (χ0v) is 30.8. The second kappa shape index (κ2) is 15.8. The van der Waals surface area contributed by atoms with Gasteiger partial charge in [0, 0.05) is 57.0 Å².